The van der Waals surface area contributed by atoms with Crippen LogP contribution in [0.3, 0.4) is 0 Å². The van der Waals surface area contributed by atoms with Crippen LogP contribution in [-0.4, -0.2) is 42.4 Å². The number of nitrogens with zero attached hydrogens (tertiary/aromatic N) is 1. The van der Waals surface area contributed by atoms with Crippen molar-refractivity contribution in [3.63, 3.8) is 0 Å². The van der Waals surface area contributed by atoms with Crippen LogP contribution in [0.4, 0.5) is 13.2 Å². The zero-order valence-corrected chi connectivity index (χ0v) is 11.7. The fourth-order valence-corrected chi connectivity index (χ4v) is 2.40. The van der Waals surface area contributed by atoms with Gasteiger partial charge in [0.1, 0.15) is 5.75 Å². The lowest BCUT2D eigenvalue weighted by Gasteiger charge is -2.35. The van der Waals surface area contributed by atoms with E-state index in [-0.39, 0.29) is 18.2 Å². The molecule has 7 heteroatoms. The Balaban J connectivity index is 0.00000200. The summed E-state index contributed by atoms with van der Waals surface area (Å²) < 4.78 is 38.2. The third-order valence-corrected chi connectivity index (χ3v) is 3.27. The molecule has 1 aliphatic rings. The van der Waals surface area contributed by atoms with Gasteiger partial charge in [0, 0.05) is 32.2 Å². The molecule has 0 saturated carbocycles. The number of piperazine rings is 1. The van der Waals surface area contributed by atoms with E-state index in [9.17, 15) is 18.3 Å². The normalized spacial score (nSPS) is 18.4. The lowest BCUT2D eigenvalue weighted by Crippen LogP contribution is -2.46. The molecule has 1 aromatic carbocycles. The van der Waals surface area contributed by atoms with Crippen molar-refractivity contribution in [1.82, 2.24) is 10.2 Å². The van der Waals surface area contributed by atoms with Gasteiger partial charge in [0.2, 0.25) is 0 Å². The Morgan fingerprint density at radius 2 is 1.90 bits per heavy atom. The first-order valence-electron chi connectivity index (χ1n) is 6.26. The fraction of sp³-hybridized carbons (Fsp3) is 0.538. The van der Waals surface area contributed by atoms with E-state index >= 15 is 0 Å². The quantitative estimate of drug-likeness (QED) is 0.901. The van der Waals surface area contributed by atoms with Crippen molar-refractivity contribution in [3.8, 4) is 5.75 Å². The molecule has 0 aromatic heterocycles. The molecule has 1 heterocycles. The summed E-state index contributed by atoms with van der Waals surface area (Å²) >= 11 is 0. The number of hydrogen-bond acceptors (Lipinski definition) is 3. The van der Waals surface area contributed by atoms with Gasteiger partial charge in [-0.1, -0.05) is 12.1 Å². The Morgan fingerprint density at radius 1 is 1.25 bits per heavy atom. The van der Waals surface area contributed by atoms with E-state index < -0.39 is 18.6 Å². The minimum Gasteiger partial charge on any atom is -0.508 e. The molecule has 20 heavy (non-hydrogen) atoms. The van der Waals surface area contributed by atoms with E-state index in [2.05, 4.69) is 5.32 Å². The molecule has 2 rings (SSSR count). The highest BCUT2D eigenvalue weighted by atomic mass is 35.5. The molecule has 0 amide bonds. The van der Waals surface area contributed by atoms with E-state index in [4.69, 9.17) is 0 Å². The monoisotopic (exact) mass is 310 g/mol. The fourth-order valence-electron chi connectivity index (χ4n) is 2.40. The average Bonchev–Trinajstić information content (AvgIpc) is 2.36. The highest BCUT2D eigenvalue weighted by Gasteiger charge is 2.35. The van der Waals surface area contributed by atoms with Gasteiger partial charge in [-0.25, -0.2) is 0 Å². The number of phenolic OH excluding ortho intramolecular Hbond substituents is 1. The van der Waals surface area contributed by atoms with E-state index in [1.807, 2.05) is 4.90 Å². The van der Waals surface area contributed by atoms with Gasteiger partial charge in [-0.15, -0.1) is 12.4 Å². The summed E-state index contributed by atoms with van der Waals surface area (Å²) in [6, 6.07) is 5.37. The average molecular weight is 311 g/mol. The Labute approximate surface area is 122 Å². The van der Waals surface area contributed by atoms with Crippen LogP contribution in [0.15, 0.2) is 24.3 Å². The Morgan fingerprint density at radius 3 is 2.45 bits per heavy atom. The highest BCUT2D eigenvalue weighted by molar-refractivity contribution is 5.85. The topological polar surface area (TPSA) is 35.5 Å². The van der Waals surface area contributed by atoms with Crippen LogP contribution in [0.5, 0.6) is 5.75 Å². The molecule has 1 saturated heterocycles. The maximum absolute atomic E-state index is 12.7. The van der Waals surface area contributed by atoms with Crippen molar-refractivity contribution in [1.29, 1.82) is 0 Å². The number of alkyl halides is 3. The second-order valence-electron chi connectivity index (χ2n) is 4.72. The molecule has 1 aromatic rings. The summed E-state index contributed by atoms with van der Waals surface area (Å²) in [5, 5.41) is 12.6. The Bertz CT molecular complexity index is 422. The van der Waals surface area contributed by atoms with Crippen molar-refractivity contribution in [2.75, 3.05) is 26.2 Å². The van der Waals surface area contributed by atoms with Crippen molar-refractivity contribution in [2.45, 2.75) is 18.6 Å². The molecule has 0 unspecified atom stereocenters. The maximum Gasteiger partial charge on any atom is 0.390 e. The first-order valence-corrected chi connectivity index (χ1v) is 6.26. The van der Waals surface area contributed by atoms with Crippen LogP contribution < -0.4 is 5.32 Å². The number of rotatable bonds is 3. The van der Waals surface area contributed by atoms with Gasteiger partial charge in [0.05, 0.1) is 6.42 Å². The summed E-state index contributed by atoms with van der Waals surface area (Å²) in [4.78, 5) is 1.82. The first-order chi connectivity index (χ1) is 8.96. The third-order valence-electron chi connectivity index (χ3n) is 3.27. The number of nitrogens with one attached hydrogen (secondary N) is 1. The van der Waals surface area contributed by atoms with Gasteiger partial charge in [-0.05, 0) is 17.7 Å². The predicted molar refractivity (Wildman–Crippen MR) is 73.2 cm³/mol. The largest absolute Gasteiger partial charge is 0.508 e. The molecule has 0 radical (unpaired) electrons. The standard InChI is InChI=1S/C13H17F3N2O.ClH/c14-13(15,16)9-12(18-6-4-17-5-7-18)10-2-1-3-11(19)8-10;/h1-3,8,12,17,19H,4-7,9H2;1H/t12-;/m0./s1. The van der Waals surface area contributed by atoms with Crippen LogP contribution in [0.2, 0.25) is 0 Å². The Hall–Kier alpha value is -0.980. The summed E-state index contributed by atoms with van der Waals surface area (Å²) in [5.41, 5.74) is 0.513. The molecule has 1 atom stereocenters. The van der Waals surface area contributed by atoms with Crippen LogP contribution in [0.25, 0.3) is 0 Å². The molecule has 1 fully saturated rings. The summed E-state index contributed by atoms with van der Waals surface area (Å²) in [6.07, 6.45) is -5.11. The smallest absolute Gasteiger partial charge is 0.390 e. The van der Waals surface area contributed by atoms with E-state index in [1.54, 1.807) is 12.1 Å². The molecular formula is C13H18ClF3N2O. The third kappa shape index (κ3) is 4.85. The number of hydrogen-bond donors (Lipinski definition) is 2. The van der Waals surface area contributed by atoms with Crippen LogP contribution in [-0.2, 0) is 0 Å². The molecule has 1 aliphatic heterocycles. The van der Waals surface area contributed by atoms with E-state index in [0.29, 0.717) is 31.7 Å². The van der Waals surface area contributed by atoms with Crippen LogP contribution in [0.1, 0.15) is 18.0 Å². The Kier molecular flexibility index (Phi) is 6.10. The number of halogens is 4. The SMILES string of the molecule is Cl.Oc1cccc([C@H](CC(F)(F)F)N2CCNCC2)c1. The number of aromatic hydroxyl groups is 1. The molecule has 0 spiro atoms. The zero-order valence-electron chi connectivity index (χ0n) is 10.9. The van der Waals surface area contributed by atoms with E-state index in [0.717, 1.165) is 0 Å². The lowest BCUT2D eigenvalue weighted by atomic mass is 10.0. The van der Waals surface area contributed by atoms with Gasteiger partial charge < -0.3 is 10.4 Å². The summed E-state index contributed by atoms with van der Waals surface area (Å²) in [6.45, 7) is 2.53. The predicted octanol–water partition coefficient (Wildman–Crippen LogP) is 2.71. The van der Waals surface area contributed by atoms with Gasteiger partial charge in [-0.3, -0.25) is 4.90 Å². The molecule has 114 valence electrons. The molecular weight excluding hydrogens is 293 g/mol. The van der Waals surface area contributed by atoms with Crippen molar-refractivity contribution in [2.24, 2.45) is 0 Å². The number of benzene rings is 1. The van der Waals surface area contributed by atoms with Crippen molar-refractivity contribution in [3.05, 3.63) is 29.8 Å². The minimum absolute atomic E-state index is 0. The molecule has 0 bridgehead atoms. The summed E-state index contributed by atoms with van der Waals surface area (Å²) in [7, 11) is 0. The molecule has 0 aliphatic carbocycles. The second kappa shape index (κ2) is 7.15. The van der Waals surface area contributed by atoms with Gasteiger partial charge in [-0.2, -0.15) is 13.2 Å². The van der Waals surface area contributed by atoms with Crippen LogP contribution >= 0.6 is 12.4 Å². The zero-order chi connectivity index (χ0) is 13.9. The first kappa shape index (κ1) is 17.1. The van der Waals surface area contributed by atoms with Crippen molar-refractivity contribution < 1.29 is 18.3 Å². The van der Waals surface area contributed by atoms with Gasteiger partial charge >= 0.3 is 6.18 Å². The second-order valence-corrected chi connectivity index (χ2v) is 4.72. The van der Waals surface area contributed by atoms with Crippen LogP contribution in [0, 0.1) is 0 Å². The minimum atomic E-state index is -4.22. The van der Waals surface area contributed by atoms with Gasteiger partial charge in [0.15, 0.2) is 0 Å². The van der Waals surface area contributed by atoms with Gasteiger partial charge in [0.25, 0.3) is 0 Å². The summed E-state index contributed by atoms with van der Waals surface area (Å²) in [5.74, 6) is -0.000177. The lowest BCUT2D eigenvalue weighted by molar-refractivity contribution is -0.148. The highest BCUT2D eigenvalue weighted by Crippen LogP contribution is 2.34. The number of phenols is 1. The van der Waals surface area contributed by atoms with Crippen molar-refractivity contribution >= 4 is 12.4 Å². The van der Waals surface area contributed by atoms with E-state index in [1.165, 1.54) is 12.1 Å². The molecule has 3 nitrogen and oxygen atoms in total. The molecule has 2 N–H and O–H groups in total. The maximum atomic E-state index is 12.7.